The molecule has 0 fully saturated rings. The summed E-state index contributed by atoms with van der Waals surface area (Å²) in [6, 6.07) is 18.6. The summed E-state index contributed by atoms with van der Waals surface area (Å²) in [4.78, 5) is 11.9. The molecule has 102 valence electrons. The van der Waals surface area contributed by atoms with Crippen molar-refractivity contribution in [2.45, 2.75) is 6.92 Å². The summed E-state index contributed by atoms with van der Waals surface area (Å²) in [5.74, 6) is 0.786. The van der Waals surface area contributed by atoms with Gasteiger partial charge in [-0.05, 0) is 23.4 Å². The SMILES string of the molecule is CCS/C(=C(\c1ccccc1)[N+](=O)[O-])c1ccccc1. The van der Waals surface area contributed by atoms with Gasteiger partial charge in [-0.25, -0.2) is 0 Å². The van der Waals surface area contributed by atoms with Crippen molar-refractivity contribution in [1.29, 1.82) is 0 Å². The van der Waals surface area contributed by atoms with Crippen LogP contribution < -0.4 is 0 Å². The molecule has 0 aromatic heterocycles. The van der Waals surface area contributed by atoms with Gasteiger partial charge in [-0.2, -0.15) is 0 Å². The number of hydrogen-bond acceptors (Lipinski definition) is 3. The van der Waals surface area contributed by atoms with E-state index in [-0.39, 0.29) is 10.6 Å². The van der Waals surface area contributed by atoms with E-state index >= 15 is 0 Å². The number of nitrogens with zero attached hydrogens (tertiary/aromatic N) is 1. The number of thioether (sulfide) groups is 1. The molecule has 0 radical (unpaired) electrons. The van der Waals surface area contributed by atoms with Crippen LogP contribution in [0.25, 0.3) is 10.6 Å². The van der Waals surface area contributed by atoms with Crippen LogP contribution in [-0.2, 0) is 0 Å². The maximum absolute atomic E-state index is 11.5. The normalized spacial score (nSPS) is 11.8. The van der Waals surface area contributed by atoms with Gasteiger partial charge in [-0.15, -0.1) is 11.8 Å². The van der Waals surface area contributed by atoms with Crippen molar-refractivity contribution in [3.8, 4) is 0 Å². The van der Waals surface area contributed by atoms with Crippen molar-refractivity contribution in [1.82, 2.24) is 0 Å². The van der Waals surface area contributed by atoms with Gasteiger partial charge in [-0.1, -0.05) is 55.5 Å². The molecule has 2 aromatic rings. The lowest BCUT2D eigenvalue weighted by molar-refractivity contribution is -0.374. The van der Waals surface area contributed by atoms with Crippen molar-refractivity contribution in [2.24, 2.45) is 0 Å². The van der Waals surface area contributed by atoms with Gasteiger partial charge in [0.15, 0.2) is 0 Å². The highest BCUT2D eigenvalue weighted by molar-refractivity contribution is 8.08. The molecule has 0 spiro atoms. The predicted molar refractivity (Wildman–Crippen MR) is 84.8 cm³/mol. The van der Waals surface area contributed by atoms with Crippen LogP contribution in [0.4, 0.5) is 0 Å². The van der Waals surface area contributed by atoms with Crippen molar-refractivity contribution in [3.63, 3.8) is 0 Å². The second kappa shape index (κ2) is 6.91. The summed E-state index contributed by atoms with van der Waals surface area (Å²) in [7, 11) is 0. The molecule has 3 nitrogen and oxygen atoms in total. The lowest BCUT2D eigenvalue weighted by Gasteiger charge is -2.08. The van der Waals surface area contributed by atoms with Gasteiger partial charge in [0.1, 0.15) is 0 Å². The Hall–Kier alpha value is -2.07. The fourth-order valence-electron chi connectivity index (χ4n) is 1.94. The van der Waals surface area contributed by atoms with E-state index in [4.69, 9.17) is 0 Å². The monoisotopic (exact) mass is 285 g/mol. The molecule has 2 aromatic carbocycles. The topological polar surface area (TPSA) is 43.1 Å². The molecule has 0 N–H and O–H groups in total. The average molecular weight is 285 g/mol. The fourth-order valence-corrected chi connectivity index (χ4v) is 2.86. The maximum atomic E-state index is 11.5. The third-order valence-electron chi connectivity index (χ3n) is 2.77. The third kappa shape index (κ3) is 3.27. The first kappa shape index (κ1) is 14.3. The second-order valence-corrected chi connectivity index (χ2v) is 5.37. The van der Waals surface area contributed by atoms with Crippen molar-refractivity contribution < 1.29 is 4.92 Å². The van der Waals surface area contributed by atoms with E-state index in [1.165, 1.54) is 11.8 Å². The maximum Gasteiger partial charge on any atom is 0.290 e. The lowest BCUT2D eigenvalue weighted by atomic mass is 10.1. The minimum atomic E-state index is -0.291. The Morgan fingerprint density at radius 2 is 1.50 bits per heavy atom. The summed E-state index contributed by atoms with van der Waals surface area (Å²) in [5.41, 5.74) is 1.69. The van der Waals surface area contributed by atoms with Gasteiger partial charge in [0.25, 0.3) is 5.70 Å². The van der Waals surface area contributed by atoms with Crippen LogP contribution in [0.5, 0.6) is 0 Å². The molecule has 0 aliphatic carbocycles. The first-order chi connectivity index (χ1) is 9.74. The highest BCUT2D eigenvalue weighted by Gasteiger charge is 2.22. The molecular formula is C16H15NO2S. The molecule has 0 saturated carbocycles. The van der Waals surface area contributed by atoms with E-state index < -0.39 is 0 Å². The summed E-state index contributed by atoms with van der Waals surface area (Å²) in [6.07, 6.45) is 0. The van der Waals surface area contributed by atoms with E-state index in [0.29, 0.717) is 10.5 Å². The Morgan fingerprint density at radius 3 is 1.95 bits per heavy atom. The van der Waals surface area contributed by atoms with Gasteiger partial charge in [0, 0.05) is 0 Å². The molecule has 0 saturated heterocycles. The van der Waals surface area contributed by atoms with Gasteiger partial charge in [0.2, 0.25) is 0 Å². The van der Waals surface area contributed by atoms with Crippen molar-refractivity contribution in [3.05, 3.63) is 81.9 Å². The highest BCUT2D eigenvalue weighted by atomic mass is 32.2. The lowest BCUT2D eigenvalue weighted by Crippen LogP contribution is -2.01. The molecule has 0 heterocycles. The molecule has 0 aliphatic rings. The summed E-state index contributed by atoms with van der Waals surface area (Å²) in [6.45, 7) is 2.00. The molecule has 4 heteroatoms. The second-order valence-electron chi connectivity index (χ2n) is 4.10. The van der Waals surface area contributed by atoms with Crippen LogP contribution in [0.3, 0.4) is 0 Å². The van der Waals surface area contributed by atoms with Gasteiger partial charge < -0.3 is 0 Å². The molecule has 20 heavy (non-hydrogen) atoms. The number of hydrogen-bond donors (Lipinski definition) is 0. The van der Waals surface area contributed by atoms with Crippen LogP contribution in [0.2, 0.25) is 0 Å². The van der Waals surface area contributed by atoms with E-state index in [1.807, 2.05) is 55.5 Å². The largest absolute Gasteiger partial charge is 0.290 e. The van der Waals surface area contributed by atoms with E-state index in [9.17, 15) is 10.1 Å². The first-order valence-electron chi connectivity index (χ1n) is 6.36. The summed E-state index contributed by atoms with van der Waals surface area (Å²) >= 11 is 1.50. The average Bonchev–Trinajstić information content (AvgIpc) is 2.48. The smallest absolute Gasteiger partial charge is 0.258 e. The van der Waals surface area contributed by atoms with Gasteiger partial charge >= 0.3 is 0 Å². The first-order valence-corrected chi connectivity index (χ1v) is 7.35. The van der Waals surface area contributed by atoms with Crippen LogP contribution >= 0.6 is 11.8 Å². The van der Waals surface area contributed by atoms with E-state index in [2.05, 4.69) is 0 Å². The van der Waals surface area contributed by atoms with E-state index in [1.54, 1.807) is 12.1 Å². The zero-order valence-electron chi connectivity index (χ0n) is 11.2. The zero-order chi connectivity index (χ0) is 14.4. The number of nitro groups is 1. The summed E-state index contributed by atoms with van der Waals surface area (Å²) in [5, 5.41) is 11.5. The van der Waals surface area contributed by atoms with E-state index in [0.717, 1.165) is 11.3 Å². The molecule has 0 atom stereocenters. The van der Waals surface area contributed by atoms with Crippen molar-refractivity contribution >= 4 is 22.4 Å². The molecule has 0 amide bonds. The molecule has 0 aliphatic heterocycles. The Bertz CT molecular complexity index is 609. The summed E-state index contributed by atoms with van der Waals surface area (Å²) < 4.78 is 0. The molecule has 2 rings (SSSR count). The standard InChI is InChI=1S/C16H15NO2S/c1-2-20-16(14-11-7-4-8-12-14)15(17(18)19)13-9-5-3-6-10-13/h3-12H,2H2,1H3/b16-15+. The predicted octanol–water partition coefficient (Wildman–Crippen LogP) is 4.54. The Kier molecular flexibility index (Phi) is 4.96. The van der Waals surface area contributed by atoms with Crippen LogP contribution in [-0.4, -0.2) is 10.7 Å². The fraction of sp³-hybridized carbons (Fsp3) is 0.125. The van der Waals surface area contributed by atoms with Crippen LogP contribution in [0.1, 0.15) is 18.1 Å². The van der Waals surface area contributed by atoms with Crippen LogP contribution in [0, 0.1) is 10.1 Å². The van der Waals surface area contributed by atoms with Crippen molar-refractivity contribution in [2.75, 3.05) is 5.75 Å². The van der Waals surface area contributed by atoms with Crippen LogP contribution in [0.15, 0.2) is 60.7 Å². The number of rotatable bonds is 5. The highest BCUT2D eigenvalue weighted by Crippen LogP contribution is 2.35. The zero-order valence-corrected chi connectivity index (χ0v) is 12.0. The van der Waals surface area contributed by atoms with Gasteiger partial charge in [0.05, 0.1) is 15.4 Å². The van der Waals surface area contributed by atoms with Gasteiger partial charge in [-0.3, -0.25) is 10.1 Å². The Morgan fingerprint density at radius 1 is 1.00 bits per heavy atom. The quantitative estimate of drug-likeness (QED) is 0.460. The molecule has 0 bridgehead atoms. The Labute approximate surface area is 122 Å². The molecular weight excluding hydrogens is 270 g/mol. The minimum Gasteiger partial charge on any atom is -0.258 e. The Balaban J connectivity index is 2.64. The number of benzene rings is 2. The molecule has 0 unspecified atom stereocenters. The minimum absolute atomic E-state index is 0.170. The third-order valence-corrected chi connectivity index (χ3v) is 3.78.